The Kier molecular flexibility index (Phi) is 3.47. The molecule has 84 valence electrons. The third-order valence-corrected chi connectivity index (χ3v) is 1.90. The second kappa shape index (κ2) is 4.63. The number of carbonyl (C=O) groups is 1. The molecule has 0 aliphatic rings. The summed E-state index contributed by atoms with van der Waals surface area (Å²) in [5.74, 6) is -1.24. The Hall–Kier alpha value is -2.08. The number of aromatic carboxylic acids is 1. The van der Waals surface area contributed by atoms with E-state index >= 15 is 0 Å². The number of nitrogens with zero attached hydrogens (tertiary/aromatic N) is 3. The molecule has 0 radical (unpaired) electrons. The van der Waals surface area contributed by atoms with Crippen molar-refractivity contribution in [1.82, 2.24) is 15.0 Å². The Labute approximate surface area is 97.1 Å². The van der Waals surface area contributed by atoms with Crippen LogP contribution in [0, 0.1) is 0 Å². The van der Waals surface area contributed by atoms with Crippen molar-refractivity contribution < 1.29 is 9.90 Å². The molecule has 1 aromatic carbocycles. The van der Waals surface area contributed by atoms with Gasteiger partial charge in [-0.15, -0.1) is 17.5 Å². The van der Waals surface area contributed by atoms with E-state index in [9.17, 15) is 4.79 Å². The predicted molar refractivity (Wildman–Crippen MR) is 60.0 cm³/mol. The van der Waals surface area contributed by atoms with E-state index in [1.54, 1.807) is 24.3 Å². The predicted octanol–water partition coefficient (Wildman–Crippen LogP) is 0.970. The lowest BCUT2D eigenvalue weighted by molar-refractivity contribution is 0.0688. The molecular weight excluding hydrogens is 232 g/mol. The topological polar surface area (TPSA) is 94.0 Å². The van der Waals surface area contributed by atoms with E-state index in [2.05, 4.69) is 10.3 Å². The molecule has 0 aliphatic heterocycles. The number of benzene rings is 1. The fourth-order valence-corrected chi connectivity index (χ4v) is 1.24. The first-order valence-corrected chi connectivity index (χ1v) is 4.20. The lowest BCUT2D eigenvalue weighted by Gasteiger charge is -2.01. The lowest BCUT2D eigenvalue weighted by Crippen LogP contribution is -2.09. The van der Waals surface area contributed by atoms with Gasteiger partial charge in [0.25, 0.3) is 0 Å². The monoisotopic (exact) mass is 240 g/mol. The van der Waals surface area contributed by atoms with E-state index in [-0.39, 0.29) is 23.9 Å². The summed E-state index contributed by atoms with van der Waals surface area (Å²) < 4.78 is 1.19. The van der Waals surface area contributed by atoms with Crippen molar-refractivity contribution in [3.63, 3.8) is 0 Å². The normalized spacial score (nSPS) is 9.50. The van der Waals surface area contributed by atoms with Crippen molar-refractivity contribution >= 4 is 24.2 Å². The number of anilines is 1. The minimum Gasteiger partial charge on any atom is -0.476 e. The zero-order valence-corrected chi connectivity index (χ0v) is 8.89. The number of carboxylic acids is 1. The molecule has 1 aromatic heterocycles. The smallest absolute Gasteiger partial charge is 0.358 e. The Bertz CT molecular complexity index is 497. The highest BCUT2D eigenvalue weighted by Gasteiger charge is 2.18. The van der Waals surface area contributed by atoms with Gasteiger partial charge in [0.1, 0.15) is 0 Å². The van der Waals surface area contributed by atoms with Crippen LogP contribution < -0.4 is 5.73 Å². The summed E-state index contributed by atoms with van der Waals surface area (Å²) in [6, 6.07) is 8.82. The molecule has 0 fully saturated rings. The van der Waals surface area contributed by atoms with E-state index < -0.39 is 5.97 Å². The zero-order valence-electron chi connectivity index (χ0n) is 8.07. The van der Waals surface area contributed by atoms with Crippen molar-refractivity contribution in [2.24, 2.45) is 0 Å². The van der Waals surface area contributed by atoms with Crippen LogP contribution in [0.2, 0.25) is 0 Å². The van der Waals surface area contributed by atoms with Gasteiger partial charge < -0.3 is 10.8 Å². The van der Waals surface area contributed by atoms with E-state index in [1.807, 2.05) is 6.07 Å². The summed E-state index contributed by atoms with van der Waals surface area (Å²) in [4.78, 5) is 10.9. The lowest BCUT2D eigenvalue weighted by atomic mass is 10.3. The highest BCUT2D eigenvalue weighted by Crippen LogP contribution is 2.13. The van der Waals surface area contributed by atoms with E-state index in [4.69, 9.17) is 10.8 Å². The molecule has 6 nitrogen and oxygen atoms in total. The van der Waals surface area contributed by atoms with Gasteiger partial charge in [-0.25, -0.2) is 9.48 Å². The maximum atomic E-state index is 10.9. The van der Waals surface area contributed by atoms with Crippen molar-refractivity contribution in [3.8, 4) is 5.69 Å². The number of rotatable bonds is 2. The standard InChI is InChI=1S/C9H8N4O2.ClH/c10-8-7(9(14)15)13(12-11-8)6-4-2-1-3-5-6;/h1-5H,10H2,(H,14,15);1H. The maximum absolute atomic E-state index is 10.9. The Morgan fingerprint density at radius 1 is 1.31 bits per heavy atom. The van der Waals surface area contributed by atoms with Crippen LogP contribution in [0.4, 0.5) is 5.82 Å². The Balaban J connectivity index is 0.00000128. The molecule has 1 heterocycles. The van der Waals surface area contributed by atoms with Crippen LogP contribution in [0.5, 0.6) is 0 Å². The number of nitrogens with two attached hydrogens (primary N) is 1. The molecular formula is C9H9ClN4O2. The third kappa shape index (κ3) is 1.96. The number of aromatic nitrogens is 3. The van der Waals surface area contributed by atoms with Crippen LogP contribution >= 0.6 is 12.4 Å². The van der Waals surface area contributed by atoms with Gasteiger partial charge >= 0.3 is 5.97 Å². The summed E-state index contributed by atoms with van der Waals surface area (Å²) >= 11 is 0. The van der Waals surface area contributed by atoms with Gasteiger partial charge in [-0.2, -0.15) is 0 Å². The number of para-hydroxylation sites is 1. The summed E-state index contributed by atoms with van der Waals surface area (Å²) in [7, 11) is 0. The summed E-state index contributed by atoms with van der Waals surface area (Å²) in [5, 5.41) is 16.1. The average Bonchev–Trinajstić information content (AvgIpc) is 2.61. The molecule has 0 spiro atoms. The van der Waals surface area contributed by atoms with Crippen molar-refractivity contribution in [2.75, 3.05) is 5.73 Å². The largest absolute Gasteiger partial charge is 0.476 e. The number of halogens is 1. The third-order valence-electron chi connectivity index (χ3n) is 1.90. The number of hydrogen-bond donors (Lipinski definition) is 2. The average molecular weight is 241 g/mol. The van der Waals surface area contributed by atoms with Crippen molar-refractivity contribution in [2.45, 2.75) is 0 Å². The number of hydrogen-bond acceptors (Lipinski definition) is 4. The van der Waals surface area contributed by atoms with Crippen molar-refractivity contribution in [1.29, 1.82) is 0 Å². The minimum atomic E-state index is -1.15. The van der Waals surface area contributed by atoms with Crippen LogP contribution in [-0.2, 0) is 0 Å². The quantitative estimate of drug-likeness (QED) is 0.816. The Morgan fingerprint density at radius 3 is 2.50 bits per heavy atom. The fraction of sp³-hybridized carbons (Fsp3) is 0. The van der Waals surface area contributed by atoms with E-state index in [0.717, 1.165) is 0 Å². The van der Waals surface area contributed by atoms with Gasteiger partial charge in [0.2, 0.25) is 0 Å². The van der Waals surface area contributed by atoms with Gasteiger partial charge in [-0.3, -0.25) is 0 Å². The molecule has 0 aliphatic carbocycles. The summed E-state index contributed by atoms with van der Waals surface area (Å²) in [6.07, 6.45) is 0. The first kappa shape index (κ1) is 12.0. The van der Waals surface area contributed by atoms with Gasteiger partial charge in [0, 0.05) is 0 Å². The van der Waals surface area contributed by atoms with E-state index in [1.165, 1.54) is 4.68 Å². The van der Waals surface area contributed by atoms with Crippen LogP contribution in [0.25, 0.3) is 5.69 Å². The SMILES string of the molecule is Cl.Nc1nnn(-c2ccccc2)c1C(=O)O. The second-order valence-corrected chi connectivity index (χ2v) is 2.88. The van der Waals surface area contributed by atoms with Crippen LogP contribution in [-0.4, -0.2) is 26.1 Å². The van der Waals surface area contributed by atoms with Gasteiger partial charge in [-0.1, -0.05) is 23.4 Å². The molecule has 3 N–H and O–H groups in total. The van der Waals surface area contributed by atoms with Gasteiger partial charge in [0.15, 0.2) is 11.5 Å². The van der Waals surface area contributed by atoms with Crippen molar-refractivity contribution in [3.05, 3.63) is 36.0 Å². The zero-order chi connectivity index (χ0) is 10.8. The number of carboxylic acid groups (broad SMARTS) is 1. The fourth-order valence-electron chi connectivity index (χ4n) is 1.24. The van der Waals surface area contributed by atoms with Crippen LogP contribution in [0.1, 0.15) is 10.5 Å². The van der Waals surface area contributed by atoms with E-state index in [0.29, 0.717) is 5.69 Å². The van der Waals surface area contributed by atoms with Gasteiger partial charge in [0.05, 0.1) is 5.69 Å². The Morgan fingerprint density at radius 2 is 1.94 bits per heavy atom. The maximum Gasteiger partial charge on any atom is 0.358 e. The molecule has 0 atom stereocenters. The van der Waals surface area contributed by atoms with Gasteiger partial charge in [-0.05, 0) is 12.1 Å². The molecule has 0 amide bonds. The first-order valence-electron chi connectivity index (χ1n) is 4.20. The number of nitrogen functional groups attached to an aromatic ring is 1. The highest BCUT2D eigenvalue weighted by molar-refractivity contribution is 5.91. The highest BCUT2D eigenvalue weighted by atomic mass is 35.5. The van der Waals surface area contributed by atoms with Crippen LogP contribution in [0.15, 0.2) is 30.3 Å². The summed E-state index contributed by atoms with van der Waals surface area (Å²) in [6.45, 7) is 0. The molecule has 0 unspecified atom stereocenters. The minimum absolute atomic E-state index is 0. The molecule has 2 rings (SSSR count). The first-order chi connectivity index (χ1) is 7.20. The molecule has 0 saturated carbocycles. The molecule has 2 aromatic rings. The summed E-state index contributed by atoms with van der Waals surface area (Å²) in [5.41, 5.74) is 5.89. The molecule has 16 heavy (non-hydrogen) atoms. The molecule has 0 bridgehead atoms. The molecule has 0 saturated heterocycles. The molecule has 7 heteroatoms. The van der Waals surface area contributed by atoms with Crippen LogP contribution in [0.3, 0.4) is 0 Å². The second-order valence-electron chi connectivity index (χ2n) is 2.88.